The van der Waals surface area contributed by atoms with E-state index < -0.39 is 0 Å². The zero-order valence-corrected chi connectivity index (χ0v) is 12.3. The number of imidazole rings is 1. The van der Waals surface area contributed by atoms with Gasteiger partial charge in [-0.25, -0.2) is 9.97 Å². The normalized spacial score (nSPS) is 11.3. The zero-order valence-electron chi connectivity index (χ0n) is 9.94. The Balaban J connectivity index is 2.12. The molecular weight excluding hydrogens is 305 g/mol. The van der Waals surface area contributed by atoms with Gasteiger partial charge in [-0.1, -0.05) is 41.0 Å². The summed E-state index contributed by atoms with van der Waals surface area (Å²) in [5.74, 6) is 0.708. The van der Waals surface area contributed by atoms with Crippen LogP contribution in [0.25, 0.3) is 21.9 Å². The van der Waals surface area contributed by atoms with Gasteiger partial charge in [0.2, 0.25) is 0 Å². The molecule has 0 radical (unpaired) electrons. The fourth-order valence-electron chi connectivity index (χ4n) is 1.79. The van der Waals surface area contributed by atoms with Crippen LogP contribution >= 0.6 is 34.7 Å². The Bertz CT molecular complexity index is 697. The summed E-state index contributed by atoms with van der Waals surface area (Å²) in [6.45, 7) is 2.10. The summed E-state index contributed by atoms with van der Waals surface area (Å²) in [5.41, 5.74) is 2.24. The number of nitrogens with one attached hydrogen (secondary N) is 1. The molecule has 0 aliphatic rings. The van der Waals surface area contributed by atoms with E-state index in [0.29, 0.717) is 16.5 Å². The Morgan fingerprint density at radius 1 is 1.32 bits per heavy atom. The second-order valence-corrected chi connectivity index (χ2v) is 5.54. The van der Waals surface area contributed by atoms with Crippen LogP contribution in [0.2, 0.25) is 10.2 Å². The molecule has 0 saturated carbocycles. The van der Waals surface area contributed by atoms with Crippen molar-refractivity contribution in [2.75, 3.05) is 0 Å². The molecule has 0 amide bonds. The third-order valence-corrected chi connectivity index (χ3v) is 4.09. The Hall–Kier alpha value is -1.24. The second-order valence-electron chi connectivity index (χ2n) is 4.02. The number of nitrogens with zero attached hydrogens (tertiary/aromatic N) is 4. The molecule has 3 heterocycles. The van der Waals surface area contributed by atoms with Gasteiger partial charge in [-0.3, -0.25) is 0 Å². The predicted octanol–water partition coefficient (Wildman–Crippen LogP) is 3.74. The fourth-order valence-corrected chi connectivity index (χ4v) is 2.73. The van der Waals surface area contributed by atoms with Gasteiger partial charge in [0.05, 0.1) is 16.2 Å². The van der Waals surface area contributed by atoms with E-state index in [9.17, 15) is 0 Å². The van der Waals surface area contributed by atoms with Crippen LogP contribution < -0.4 is 0 Å². The number of aromatic nitrogens is 5. The lowest BCUT2D eigenvalue weighted by Crippen LogP contribution is -1.88. The van der Waals surface area contributed by atoms with Crippen molar-refractivity contribution in [3.63, 3.8) is 0 Å². The average molecular weight is 314 g/mol. The largest absolute Gasteiger partial charge is 0.336 e. The molecule has 3 rings (SSSR count). The Kier molecular flexibility index (Phi) is 3.38. The molecule has 0 aliphatic carbocycles. The van der Waals surface area contributed by atoms with Gasteiger partial charge in [0.1, 0.15) is 10.0 Å². The lowest BCUT2D eigenvalue weighted by molar-refractivity contribution is 0.870. The van der Waals surface area contributed by atoms with Crippen molar-refractivity contribution in [2.45, 2.75) is 19.8 Å². The van der Waals surface area contributed by atoms with Crippen molar-refractivity contribution in [3.05, 3.63) is 21.9 Å². The summed E-state index contributed by atoms with van der Waals surface area (Å²) in [7, 11) is 0. The van der Waals surface area contributed by atoms with E-state index >= 15 is 0 Å². The van der Waals surface area contributed by atoms with Gasteiger partial charge in [-0.15, -0.1) is 5.10 Å². The highest BCUT2D eigenvalue weighted by Gasteiger charge is 2.15. The Morgan fingerprint density at radius 2 is 2.16 bits per heavy atom. The number of halogens is 2. The maximum Gasteiger partial charge on any atom is 0.179 e. The van der Waals surface area contributed by atoms with Crippen LogP contribution in [0.3, 0.4) is 0 Å². The van der Waals surface area contributed by atoms with Crippen molar-refractivity contribution in [1.82, 2.24) is 24.5 Å². The van der Waals surface area contributed by atoms with Gasteiger partial charge >= 0.3 is 0 Å². The van der Waals surface area contributed by atoms with E-state index in [1.54, 1.807) is 6.07 Å². The maximum absolute atomic E-state index is 5.94. The Labute approximate surface area is 123 Å². The highest BCUT2D eigenvalue weighted by Crippen LogP contribution is 2.29. The molecule has 5 nitrogen and oxygen atoms in total. The molecular formula is C11H9Cl2N5S. The van der Waals surface area contributed by atoms with Gasteiger partial charge in [-0.2, -0.15) is 0 Å². The van der Waals surface area contributed by atoms with Gasteiger partial charge in [0.25, 0.3) is 0 Å². The van der Waals surface area contributed by atoms with Crippen LogP contribution in [-0.4, -0.2) is 24.5 Å². The van der Waals surface area contributed by atoms with E-state index in [4.69, 9.17) is 23.2 Å². The molecule has 0 spiro atoms. The summed E-state index contributed by atoms with van der Waals surface area (Å²) >= 11 is 13.1. The van der Waals surface area contributed by atoms with Crippen LogP contribution in [0.15, 0.2) is 6.07 Å². The second kappa shape index (κ2) is 5.03. The smallest absolute Gasteiger partial charge is 0.179 e. The first kappa shape index (κ1) is 12.8. The van der Waals surface area contributed by atoms with Gasteiger partial charge in [-0.05, 0) is 24.0 Å². The van der Waals surface area contributed by atoms with Crippen LogP contribution in [-0.2, 0) is 6.42 Å². The van der Waals surface area contributed by atoms with Crippen LogP contribution in [0, 0.1) is 0 Å². The molecule has 0 saturated heterocycles. The molecule has 0 unspecified atom stereocenters. The van der Waals surface area contributed by atoms with Crippen LogP contribution in [0.4, 0.5) is 0 Å². The van der Waals surface area contributed by atoms with E-state index in [1.165, 1.54) is 11.5 Å². The summed E-state index contributed by atoms with van der Waals surface area (Å²) in [6.07, 6.45) is 1.88. The molecule has 19 heavy (non-hydrogen) atoms. The van der Waals surface area contributed by atoms with Crippen molar-refractivity contribution in [1.29, 1.82) is 0 Å². The van der Waals surface area contributed by atoms with Crippen LogP contribution in [0.1, 0.15) is 19.0 Å². The number of hydrogen-bond donors (Lipinski definition) is 1. The molecule has 1 N–H and O–H groups in total. The number of pyridine rings is 1. The number of hydrogen-bond acceptors (Lipinski definition) is 5. The standard InChI is InChI=1S/C11H9Cl2N5S/c1-2-3-6-8(19-18-17-6)11-14-7-4-5(12)9(13)15-10(7)16-11/h4H,2-3H2,1H3,(H,14,15,16). The monoisotopic (exact) mass is 313 g/mol. The molecule has 0 fully saturated rings. The van der Waals surface area contributed by atoms with Gasteiger partial charge < -0.3 is 4.98 Å². The molecule has 8 heteroatoms. The molecule has 3 aromatic heterocycles. The van der Waals surface area contributed by atoms with E-state index in [2.05, 4.69) is 31.5 Å². The quantitative estimate of drug-likeness (QED) is 0.748. The average Bonchev–Trinajstić information content (AvgIpc) is 2.96. The van der Waals surface area contributed by atoms with E-state index in [1.807, 2.05) is 0 Å². The summed E-state index contributed by atoms with van der Waals surface area (Å²) < 4.78 is 3.98. The first-order valence-corrected chi connectivity index (χ1v) is 7.25. The lowest BCUT2D eigenvalue weighted by Gasteiger charge is -1.94. The van der Waals surface area contributed by atoms with Gasteiger partial charge in [0.15, 0.2) is 11.5 Å². The number of rotatable bonds is 3. The maximum atomic E-state index is 5.94. The minimum absolute atomic E-state index is 0.253. The summed E-state index contributed by atoms with van der Waals surface area (Å²) in [4.78, 5) is 12.7. The zero-order chi connectivity index (χ0) is 13.4. The summed E-state index contributed by atoms with van der Waals surface area (Å²) in [6, 6.07) is 1.72. The Morgan fingerprint density at radius 3 is 2.95 bits per heavy atom. The first-order valence-electron chi connectivity index (χ1n) is 5.72. The highest BCUT2D eigenvalue weighted by molar-refractivity contribution is 7.09. The predicted molar refractivity (Wildman–Crippen MR) is 76.8 cm³/mol. The first-order chi connectivity index (χ1) is 9.19. The molecule has 0 aromatic carbocycles. The molecule has 98 valence electrons. The highest BCUT2D eigenvalue weighted by atomic mass is 35.5. The topological polar surface area (TPSA) is 67.3 Å². The number of H-pyrrole nitrogens is 1. The lowest BCUT2D eigenvalue weighted by atomic mass is 10.2. The van der Waals surface area contributed by atoms with Crippen LogP contribution in [0.5, 0.6) is 0 Å². The minimum atomic E-state index is 0.253. The van der Waals surface area contributed by atoms with Gasteiger partial charge in [0, 0.05) is 0 Å². The fraction of sp³-hybridized carbons (Fsp3) is 0.273. The molecule has 0 atom stereocenters. The molecule has 3 aromatic rings. The minimum Gasteiger partial charge on any atom is -0.336 e. The number of aryl methyl sites for hydroxylation is 1. The molecule has 0 aliphatic heterocycles. The SMILES string of the molecule is CCCc1nnsc1-c1nc2nc(Cl)c(Cl)cc2[nH]1. The summed E-state index contributed by atoms with van der Waals surface area (Å²) in [5, 5.41) is 4.78. The van der Waals surface area contributed by atoms with Crippen molar-refractivity contribution >= 4 is 45.9 Å². The third-order valence-electron chi connectivity index (χ3n) is 2.64. The van der Waals surface area contributed by atoms with Crippen molar-refractivity contribution < 1.29 is 0 Å². The van der Waals surface area contributed by atoms with Crippen molar-refractivity contribution in [3.8, 4) is 10.7 Å². The van der Waals surface area contributed by atoms with E-state index in [-0.39, 0.29) is 5.15 Å². The van der Waals surface area contributed by atoms with E-state index in [0.717, 1.165) is 28.9 Å². The number of aromatic amines is 1. The number of fused-ring (bicyclic) bond motifs is 1. The molecule has 0 bridgehead atoms. The van der Waals surface area contributed by atoms with Crippen molar-refractivity contribution in [2.24, 2.45) is 0 Å². The third kappa shape index (κ3) is 2.31.